The molecule has 1 aromatic heterocycles. The lowest BCUT2D eigenvalue weighted by atomic mass is 9.78. The molecule has 0 bridgehead atoms. The summed E-state index contributed by atoms with van der Waals surface area (Å²) in [5, 5.41) is 4.33. The summed E-state index contributed by atoms with van der Waals surface area (Å²) in [4.78, 5) is 11.6. The molecule has 1 amide bonds. The van der Waals surface area contributed by atoms with Crippen molar-refractivity contribution in [3.8, 4) is 0 Å². The van der Waals surface area contributed by atoms with Gasteiger partial charge in [0.2, 0.25) is 5.91 Å². The average Bonchev–Trinajstić information content (AvgIpc) is 2.99. The zero-order chi connectivity index (χ0) is 19.8. The summed E-state index contributed by atoms with van der Waals surface area (Å²) in [6.45, 7) is 2.79. The van der Waals surface area contributed by atoms with Crippen LogP contribution in [0, 0.1) is 12.8 Å². The number of aryl methyl sites for hydroxylation is 1. The van der Waals surface area contributed by atoms with Gasteiger partial charge in [-0.15, -0.1) is 0 Å². The van der Waals surface area contributed by atoms with Gasteiger partial charge in [0.15, 0.2) is 0 Å². The third kappa shape index (κ3) is 4.29. The third-order valence-electron chi connectivity index (χ3n) is 5.34. The van der Waals surface area contributed by atoms with Crippen LogP contribution in [0.2, 0.25) is 5.02 Å². The topological polar surface area (TPSA) is 60.9 Å². The van der Waals surface area contributed by atoms with E-state index in [2.05, 4.69) is 5.10 Å². The van der Waals surface area contributed by atoms with Gasteiger partial charge in [-0.05, 0) is 68.2 Å². The second-order valence-corrected chi connectivity index (χ2v) is 7.54. The summed E-state index contributed by atoms with van der Waals surface area (Å²) in [5.41, 5.74) is 5.54. The van der Waals surface area contributed by atoms with Gasteiger partial charge in [0.05, 0.1) is 16.1 Å². The number of hydrogen-bond donors (Lipinski definition) is 1. The summed E-state index contributed by atoms with van der Waals surface area (Å²) < 4.78 is 41.6. The van der Waals surface area contributed by atoms with E-state index in [0.29, 0.717) is 24.3 Å². The number of aromatic nitrogens is 2. The fourth-order valence-electron chi connectivity index (χ4n) is 3.78. The van der Waals surface area contributed by atoms with E-state index in [1.54, 1.807) is 6.20 Å². The van der Waals surface area contributed by atoms with Crippen LogP contribution >= 0.6 is 11.6 Å². The van der Waals surface area contributed by atoms with Crippen molar-refractivity contribution in [1.82, 2.24) is 9.78 Å². The molecule has 8 heteroatoms. The molecule has 0 radical (unpaired) electrons. The smallest absolute Gasteiger partial charge is 0.366 e. The van der Waals surface area contributed by atoms with Gasteiger partial charge in [0.1, 0.15) is 0 Å². The largest absolute Gasteiger partial charge is 0.416 e. The number of hydrogen-bond acceptors (Lipinski definition) is 2. The lowest BCUT2D eigenvalue weighted by Gasteiger charge is -2.30. The first-order chi connectivity index (χ1) is 12.7. The van der Waals surface area contributed by atoms with Crippen molar-refractivity contribution in [2.75, 3.05) is 0 Å². The molecule has 3 rings (SSSR count). The summed E-state index contributed by atoms with van der Waals surface area (Å²) >= 11 is 6.25. The van der Waals surface area contributed by atoms with Crippen LogP contribution in [0.4, 0.5) is 13.2 Å². The van der Waals surface area contributed by atoms with E-state index in [9.17, 15) is 18.0 Å². The van der Waals surface area contributed by atoms with Gasteiger partial charge in [0.25, 0.3) is 0 Å². The predicted molar refractivity (Wildman–Crippen MR) is 96.6 cm³/mol. The Morgan fingerprint density at radius 3 is 2.48 bits per heavy atom. The Balaban J connectivity index is 1.80. The van der Waals surface area contributed by atoms with Crippen molar-refractivity contribution in [2.24, 2.45) is 11.7 Å². The molecule has 2 aromatic rings. The molecule has 146 valence electrons. The number of alkyl halides is 3. The molecule has 2 N–H and O–H groups in total. The van der Waals surface area contributed by atoms with E-state index in [4.69, 9.17) is 17.3 Å². The number of benzene rings is 1. The number of nitrogens with two attached hydrogens (primary N) is 1. The zero-order valence-electron chi connectivity index (χ0n) is 14.9. The van der Waals surface area contributed by atoms with E-state index >= 15 is 0 Å². The third-order valence-corrected chi connectivity index (χ3v) is 5.76. The maximum absolute atomic E-state index is 13.2. The maximum atomic E-state index is 13.2. The van der Waals surface area contributed by atoms with Gasteiger partial charge in [-0.1, -0.05) is 11.6 Å². The minimum atomic E-state index is -4.56. The highest BCUT2D eigenvalue weighted by Gasteiger charge is 2.34. The monoisotopic (exact) mass is 399 g/mol. The highest BCUT2D eigenvalue weighted by Crippen LogP contribution is 2.42. The van der Waals surface area contributed by atoms with Crippen LogP contribution in [0.1, 0.15) is 58.8 Å². The molecule has 27 heavy (non-hydrogen) atoms. The molecule has 0 aliphatic heterocycles. The van der Waals surface area contributed by atoms with Crippen molar-refractivity contribution in [3.63, 3.8) is 0 Å². The van der Waals surface area contributed by atoms with Crippen LogP contribution < -0.4 is 5.73 Å². The number of halogens is 4. The fraction of sp³-hybridized carbons (Fsp3) is 0.474. The minimum Gasteiger partial charge on any atom is -0.366 e. The first-order valence-corrected chi connectivity index (χ1v) is 9.23. The summed E-state index contributed by atoms with van der Waals surface area (Å²) in [6, 6.07) is 3.75. The van der Waals surface area contributed by atoms with Crippen molar-refractivity contribution in [3.05, 3.63) is 51.8 Å². The number of carbonyl (C=O) groups is 1. The average molecular weight is 400 g/mol. The molecule has 1 heterocycles. The Labute approximate surface area is 160 Å². The molecule has 1 saturated carbocycles. The van der Waals surface area contributed by atoms with Crippen LogP contribution in [0.25, 0.3) is 0 Å². The molecule has 1 aromatic carbocycles. The van der Waals surface area contributed by atoms with Gasteiger partial charge in [-0.3, -0.25) is 9.48 Å². The van der Waals surface area contributed by atoms with Crippen LogP contribution in [-0.4, -0.2) is 15.7 Å². The van der Waals surface area contributed by atoms with Gasteiger partial charge >= 0.3 is 6.18 Å². The molecule has 1 aliphatic carbocycles. The molecule has 0 spiro atoms. The van der Waals surface area contributed by atoms with E-state index in [0.717, 1.165) is 37.2 Å². The van der Waals surface area contributed by atoms with Gasteiger partial charge in [-0.25, -0.2) is 0 Å². The molecule has 4 nitrogen and oxygen atoms in total. The highest BCUT2D eigenvalue weighted by molar-refractivity contribution is 6.34. The Hall–Kier alpha value is -2.02. The van der Waals surface area contributed by atoms with E-state index < -0.39 is 17.6 Å². The standard InChI is InChI=1S/C19H21ClF3N3O/c1-11-6-7-25-26(11)10-12-2-4-13(5-3-12)15-8-14(19(21,22)23)9-16(17(15)20)18(24)27/h6-9,12-13H,2-5,10H2,1H3,(H2,24,27). The van der Waals surface area contributed by atoms with Crippen LogP contribution in [-0.2, 0) is 12.7 Å². The molecular formula is C19H21ClF3N3O. The summed E-state index contributed by atoms with van der Waals surface area (Å²) in [6.07, 6.45) is 0.354. The molecule has 1 fully saturated rings. The van der Waals surface area contributed by atoms with Crippen LogP contribution in [0.3, 0.4) is 0 Å². The number of amides is 1. The van der Waals surface area contributed by atoms with Crippen molar-refractivity contribution in [1.29, 1.82) is 0 Å². The number of primary amides is 1. The van der Waals surface area contributed by atoms with E-state index in [1.807, 2.05) is 17.7 Å². The van der Waals surface area contributed by atoms with Crippen molar-refractivity contribution < 1.29 is 18.0 Å². The summed E-state index contributed by atoms with van der Waals surface area (Å²) in [5.74, 6) is -0.650. The Morgan fingerprint density at radius 1 is 1.30 bits per heavy atom. The Kier molecular flexibility index (Phi) is 5.51. The zero-order valence-corrected chi connectivity index (χ0v) is 15.6. The van der Waals surface area contributed by atoms with Crippen molar-refractivity contribution >= 4 is 17.5 Å². The number of rotatable bonds is 4. The second kappa shape index (κ2) is 7.54. The molecule has 0 atom stereocenters. The summed E-state index contributed by atoms with van der Waals surface area (Å²) in [7, 11) is 0. The lowest BCUT2D eigenvalue weighted by Crippen LogP contribution is -2.21. The minimum absolute atomic E-state index is 0.0434. The molecule has 0 unspecified atom stereocenters. The molecule has 0 saturated heterocycles. The van der Waals surface area contributed by atoms with Crippen molar-refractivity contribution in [2.45, 2.75) is 51.2 Å². The Morgan fingerprint density at radius 2 is 1.96 bits per heavy atom. The van der Waals surface area contributed by atoms with Crippen LogP contribution in [0.5, 0.6) is 0 Å². The first kappa shape index (κ1) is 19.7. The SMILES string of the molecule is Cc1ccnn1CC1CCC(c2cc(C(F)(F)F)cc(C(N)=O)c2Cl)CC1. The van der Waals surface area contributed by atoms with Gasteiger partial charge in [0, 0.05) is 18.4 Å². The van der Waals surface area contributed by atoms with Crippen LogP contribution in [0.15, 0.2) is 24.4 Å². The maximum Gasteiger partial charge on any atom is 0.416 e. The molecular weight excluding hydrogens is 379 g/mol. The van der Waals surface area contributed by atoms with Gasteiger partial charge < -0.3 is 5.73 Å². The Bertz CT molecular complexity index is 839. The normalized spacial score (nSPS) is 20.6. The quantitative estimate of drug-likeness (QED) is 0.791. The van der Waals surface area contributed by atoms with E-state index in [1.165, 1.54) is 0 Å². The second-order valence-electron chi connectivity index (χ2n) is 7.16. The fourth-order valence-corrected chi connectivity index (χ4v) is 4.13. The number of carbonyl (C=O) groups excluding carboxylic acids is 1. The van der Waals surface area contributed by atoms with Gasteiger partial charge in [-0.2, -0.15) is 18.3 Å². The number of nitrogens with zero attached hydrogens (tertiary/aromatic N) is 2. The molecule has 1 aliphatic rings. The lowest BCUT2D eigenvalue weighted by molar-refractivity contribution is -0.137. The predicted octanol–water partition coefficient (Wildman–Crippen LogP) is 4.94. The highest BCUT2D eigenvalue weighted by atomic mass is 35.5. The van der Waals surface area contributed by atoms with E-state index in [-0.39, 0.29) is 16.5 Å². The first-order valence-electron chi connectivity index (χ1n) is 8.85.